The van der Waals surface area contributed by atoms with Crippen molar-refractivity contribution in [2.24, 2.45) is 0 Å². The summed E-state index contributed by atoms with van der Waals surface area (Å²) in [5, 5.41) is 10.1. The average molecular weight is 361 g/mol. The second kappa shape index (κ2) is 7.40. The zero-order valence-corrected chi connectivity index (χ0v) is 13.8. The Balaban J connectivity index is 2.25. The topological polar surface area (TPSA) is 54.4 Å². The molecule has 0 amide bonds. The number of carboxylic acids is 1. The number of allylic oxidation sites excluding steroid dienone is 1. The molecule has 1 saturated heterocycles. The quantitative estimate of drug-likeness (QED) is 0.491. The third-order valence-corrected chi connectivity index (χ3v) is 5.87. The van der Waals surface area contributed by atoms with Crippen molar-refractivity contribution >= 4 is 64.6 Å². The van der Waals surface area contributed by atoms with E-state index in [9.17, 15) is 14.7 Å². The van der Waals surface area contributed by atoms with Crippen LogP contribution in [0.25, 0.3) is 6.08 Å². The van der Waals surface area contributed by atoms with Crippen LogP contribution in [-0.4, -0.2) is 28.4 Å². The van der Waals surface area contributed by atoms with Crippen LogP contribution in [0.2, 0.25) is 10.0 Å². The normalized spacial score (nSPS) is 14.7. The molecule has 0 aromatic heterocycles. The van der Waals surface area contributed by atoms with Crippen molar-refractivity contribution in [3.8, 4) is 0 Å². The van der Waals surface area contributed by atoms with Gasteiger partial charge in [0.05, 0.1) is 4.24 Å². The monoisotopic (exact) mass is 360 g/mol. The Bertz CT molecular complexity index is 646. The van der Waals surface area contributed by atoms with Gasteiger partial charge in [-0.25, -0.2) is 4.79 Å². The van der Waals surface area contributed by atoms with Crippen molar-refractivity contribution in [2.75, 3.05) is 11.5 Å². The van der Waals surface area contributed by atoms with E-state index < -0.39 is 11.8 Å². The van der Waals surface area contributed by atoms with Crippen LogP contribution >= 0.6 is 46.7 Å². The summed E-state index contributed by atoms with van der Waals surface area (Å²) >= 11 is 14.6. The van der Waals surface area contributed by atoms with E-state index in [0.717, 1.165) is 11.5 Å². The van der Waals surface area contributed by atoms with Gasteiger partial charge in [-0.15, -0.1) is 23.5 Å². The lowest BCUT2D eigenvalue weighted by Gasteiger charge is -2.02. The summed E-state index contributed by atoms with van der Waals surface area (Å²) in [5.41, 5.74) is 0.430. The summed E-state index contributed by atoms with van der Waals surface area (Å²) in [5.74, 6) is -0.109. The summed E-state index contributed by atoms with van der Waals surface area (Å²) in [4.78, 5) is 23.4. The maximum Gasteiger partial charge on any atom is 0.341 e. The minimum Gasteiger partial charge on any atom is -0.477 e. The molecule has 1 fully saturated rings. The first kappa shape index (κ1) is 16.5. The number of rotatable bonds is 4. The number of halogens is 2. The highest BCUT2D eigenvalue weighted by Gasteiger charge is 2.24. The molecule has 1 aliphatic heterocycles. The summed E-state index contributed by atoms with van der Waals surface area (Å²) in [6, 6.07) is 4.88. The molecule has 1 heterocycles. The van der Waals surface area contributed by atoms with Gasteiger partial charge in [0.15, 0.2) is 5.78 Å². The van der Waals surface area contributed by atoms with Crippen molar-refractivity contribution in [3.63, 3.8) is 0 Å². The van der Waals surface area contributed by atoms with Crippen molar-refractivity contribution in [2.45, 2.75) is 0 Å². The second-order valence-electron chi connectivity index (χ2n) is 4.03. The predicted molar refractivity (Wildman–Crippen MR) is 90.1 cm³/mol. The van der Waals surface area contributed by atoms with Gasteiger partial charge in [-0.2, -0.15) is 0 Å². The number of hydrogen-bond donors (Lipinski definition) is 1. The van der Waals surface area contributed by atoms with Crippen LogP contribution in [0.3, 0.4) is 0 Å². The molecule has 1 N–H and O–H groups in total. The lowest BCUT2D eigenvalue weighted by atomic mass is 10.1. The molecule has 2 rings (SSSR count). The molecule has 0 unspecified atom stereocenters. The first-order valence-electron chi connectivity index (χ1n) is 5.89. The molecule has 0 bridgehead atoms. The number of carbonyl (C=O) groups is 2. The molecule has 21 heavy (non-hydrogen) atoms. The van der Waals surface area contributed by atoms with Crippen molar-refractivity contribution in [3.05, 3.63) is 49.7 Å². The molecule has 0 aliphatic carbocycles. The minimum atomic E-state index is -1.20. The highest BCUT2D eigenvalue weighted by Crippen LogP contribution is 2.39. The Labute approximate surface area is 140 Å². The Morgan fingerprint density at radius 1 is 1.19 bits per heavy atom. The number of benzene rings is 1. The number of ketones is 1. The van der Waals surface area contributed by atoms with E-state index in [1.807, 2.05) is 0 Å². The van der Waals surface area contributed by atoms with Crippen LogP contribution in [-0.2, 0) is 9.59 Å². The van der Waals surface area contributed by atoms with Crippen molar-refractivity contribution in [1.82, 2.24) is 0 Å². The fraction of sp³-hybridized carbons (Fsp3) is 0.143. The standard InChI is InChI=1S/C14H10Cl2O3S2/c15-9-3-1-8(10(16)7-9)2-4-11(17)12(13(18)19)14-20-5-6-21-14/h1-4,7H,5-6H2,(H,18,19). The lowest BCUT2D eigenvalue weighted by molar-refractivity contribution is -0.134. The van der Waals surface area contributed by atoms with Crippen LogP contribution in [0.15, 0.2) is 34.1 Å². The maximum atomic E-state index is 12.1. The minimum absolute atomic E-state index is 0.177. The third-order valence-electron chi connectivity index (χ3n) is 2.59. The summed E-state index contributed by atoms with van der Waals surface area (Å²) in [6.45, 7) is 0. The molecular formula is C14H10Cl2O3S2. The van der Waals surface area contributed by atoms with Gasteiger partial charge in [-0.1, -0.05) is 29.3 Å². The number of aliphatic carboxylic acids is 1. The summed E-state index contributed by atoms with van der Waals surface area (Å²) in [6.07, 6.45) is 2.72. The molecule has 3 nitrogen and oxygen atoms in total. The second-order valence-corrected chi connectivity index (χ2v) is 7.34. The van der Waals surface area contributed by atoms with Gasteiger partial charge < -0.3 is 5.11 Å². The fourth-order valence-electron chi connectivity index (χ4n) is 1.63. The summed E-state index contributed by atoms with van der Waals surface area (Å²) < 4.78 is 0.569. The molecule has 7 heteroatoms. The largest absolute Gasteiger partial charge is 0.477 e. The zero-order valence-electron chi connectivity index (χ0n) is 10.6. The van der Waals surface area contributed by atoms with Crippen LogP contribution in [0.4, 0.5) is 0 Å². The van der Waals surface area contributed by atoms with Gasteiger partial charge in [0.25, 0.3) is 0 Å². The van der Waals surface area contributed by atoms with Gasteiger partial charge in [-0.3, -0.25) is 4.79 Å². The van der Waals surface area contributed by atoms with E-state index in [1.165, 1.54) is 35.7 Å². The maximum absolute atomic E-state index is 12.1. The Kier molecular flexibility index (Phi) is 5.81. The number of hydrogen-bond acceptors (Lipinski definition) is 4. The Hall–Kier alpha value is -0.880. The number of carboxylic acid groups (broad SMARTS) is 1. The van der Waals surface area contributed by atoms with Crippen LogP contribution in [0.5, 0.6) is 0 Å². The Morgan fingerprint density at radius 3 is 2.43 bits per heavy atom. The highest BCUT2D eigenvalue weighted by molar-refractivity contribution is 8.25. The van der Waals surface area contributed by atoms with Gasteiger partial charge in [0, 0.05) is 21.6 Å². The van der Waals surface area contributed by atoms with Gasteiger partial charge in [0.2, 0.25) is 0 Å². The van der Waals surface area contributed by atoms with Crippen LogP contribution in [0.1, 0.15) is 5.56 Å². The van der Waals surface area contributed by atoms with Crippen molar-refractivity contribution < 1.29 is 14.7 Å². The zero-order chi connectivity index (χ0) is 15.4. The average Bonchev–Trinajstić information content (AvgIpc) is 2.91. The number of thioether (sulfide) groups is 2. The van der Waals surface area contributed by atoms with Gasteiger partial charge in [-0.05, 0) is 29.8 Å². The highest BCUT2D eigenvalue weighted by atomic mass is 35.5. The summed E-state index contributed by atoms with van der Waals surface area (Å²) in [7, 11) is 0. The van der Waals surface area contributed by atoms with E-state index >= 15 is 0 Å². The van der Waals surface area contributed by atoms with E-state index in [2.05, 4.69) is 0 Å². The SMILES string of the molecule is O=C(O)C(C(=O)C=Cc1ccc(Cl)cc1Cl)=C1SCCS1. The molecular weight excluding hydrogens is 351 g/mol. The lowest BCUT2D eigenvalue weighted by Crippen LogP contribution is -2.11. The molecule has 1 aromatic rings. The molecule has 0 saturated carbocycles. The first-order chi connectivity index (χ1) is 9.99. The van der Waals surface area contributed by atoms with Crippen molar-refractivity contribution in [1.29, 1.82) is 0 Å². The third kappa shape index (κ3) is 4.30. The van der Waals surface area contributed by atoms with Crippen LogP contribution < -0.4 is 0 Å². The Morgan fingerprint density at radius 2 is 1.86 bits per heavy atom. The van der Waals surface area contributed by atoms with Gasteiger partial charge >= 0.3 is 5.97 Å². The first-order valence-corrected chi connectivity index (χ1v) is 8.62. The van der Waals surface area contributed by atoms with E-state index in [1.54, 1.807) is 18.2 Å². The molecule has 110 valence electrons. The van der Waals surface area contributed by atoms with E-state index in [-0.39, 0.29) is 5.57 Å². The molecule has 0 atom stereocenters. The van der Waals surface area contributed by atoms with Crippen LogP contribution in [0, 0.1) is 0 Å². The van der Waals surface area contributed by atoms with E-state index in [0.29, 0.717) is 19.8 Å². The molecule has 1 aromatic carbocycles. The fourth-order valence-corrected chi connectivity index (χ4v) is 4.64. The number of carbonyl (C=O) groups excluding carboxylic acids is 1. The molecule has 0 spiro atoms. The smallest absolute Gasteiger partial charge is 0.341 e. The van der Waals surface area contributed by atoms with E-state index in [4.69, 9.17) is 23.2 Å². The molecule has 0 radical (unpaired) electrons. The predicted octanol–water partition coefficient (Wildman–Crippen LogP) is 4.35. The molecule has 1 aliphatic rings. The van der Waals surface area contributed by atoms with Gasteiger partial charge in [0.1, 0.15) is 5.57 Å².